The predicted molar refractivity (Wildman–Crippen MR) is 68.8 cm³/mol. The van der Waals surface area contributed by atoms with E-state index in [2.05, 4.69) is 27.0 Å². The molecule has 0 amide bonds. The molecule has 2 aliphatic rings. The molecule has 1 aromatic heterocycles. The highest BCUT2D eigenvalue weighted by Gasteiger charge is 2.27. The second-order valence-electron chi connectivity index (χ2n) is 5.08. The molecule has 2 heterocycles. The molecule has 16 heavy (non-hydrogen) atoms. The first kappa shape index (κ1) is 10.8. The molecular weight excluding hydrogens is 216 g/mol. The van der Waals surface area contributed by atoms with E-state index in [0.717, 1.165) is 18.6 Å². The Morgan fingerprint density at radius 2 is 2.31 bits per heavy atom. The zero-order chi connectivity index (χ0) is 10.8. The molecular formula is C13H20N2S. The maximum Gasteiger partial charge on any atom is 0.0245 e. The molecule has 1 aliphatic carbocycles. The maximum absolute atomic E-state index is 3.67. The third-order valence-electron chi connectivity index (χ3n) is 3.68. The number of hydrogen-bond acceptors (Lipinski definition) is 3. The lowest BCUT2D eigenvalue weighted by atomic mass is 10.2. The van der Waals surface area contributed by atoms with Crippen LogP contribution in [0.3, 0.4) is 0 Å². The number of thiophene rings is 1. The van der Waals surface area contributed by atoms with Gasteiger partial charge in [0.2, 0.25) is 0 Å². The smallest absolute Gasteiger partial charge is 0.0245 e. The van der Waals surface area contributed by atoms with Crippen molar-refractivity contribution in [3.05, 3.63) is 22.4 Å². The second-order valence-corrected chi connectivity index (χ2v) is 5.86. The fourth-order valence-corrected chi connectivity index (χ4v) is 3.20. The van der Waals surface area contributed by atoms with Crippen molar-refractivity contribution in [1.82, 2.24) is 10.2 Å². The fourth-order valence-electron chi connectivity index (χ4n) is 2.54. The Bertz CT molecular complexity index is 319. The van der Waals surface area contributed by atoms with Crippen LogP contribution in [0.15, 0.2) is 16.8 Å². The zero-order valence-electron chi connectivity index (χ0n) is 9.69. The van der Waals surface area contributed by atoms with Gasteiger partial charge in [-0.2, -0.15) is 11.3 Å². The fraction of sp³-hybridized carbons (Fsp3) is 0.692. The van der Waals surface area contributed by atoms with Gasteiger partial charge in [-0.1, -0.05) is 0 Å². The van der Waals surface area contributed by atoms with Gasteiger partial charge in [0.1, 0.15) is 0 Å². The Morgan fingerprint density at radius 1 is 1.38 bits per heavy atom. The molecule has 1 saturated carbocycles. The Kier molecular flexibility index (Phi) is 3.27. The number of nitrogens with zero attached hydrogens (tertiary/aromatic N) is 1. The zero-order valence-corrected chi connectivity index (χ0v) is 10.5. The minimum atomic E-state index is 0.778. The van der Waals surface area contributed by atoms with Gasteiger partial charge in [-0.25, -0.2) is 0 Å². The maximum atomic E-state index is 3.67. The van der Waals surface area contributed by atoms with E-state index in [0.29, 0.717) is 0 Å². The van der Waals surface area contributed by atoms with Gasteiger partial charge in [0.05, 0.1) is 0 Å². The average Bonchev–Trinajstić information content (AvgIpc) is 2.79. The van der Waals surface area contributed by atoms with E-state index >= 15 is 0 Å². The molecule has 1 atom stereocenters. The second kappa shape index (κ2) is 4.86. The van der Waals surface area contributed by atoms with E-state index in [1.165, 1.54) is 44.3 Å². The molecule has 2 fully saturated rings. The number of likely N-dealkylation sites (tertiary alicyclic amines) is 1. The summed E-state index contributed by atoms with van der Waals surface area (Å²) in [5.41, 5.74) is 1.49. The quantitative estimate of drug-likeness (QED) is 0.845. The molecule has 1 unspecified atom stereocenters. The van der Waals surface area contributed by atoms with Crippen molar-refractivity contribution in [3.8, 4) is 0 Å². The lowest BCUT2D eigenvalue weighted by Crippen LogP contribution is -2.38. The summed E-state index contributed by atoms with van der Waals surface area (Å²) in [6, 6.07) is 3.89. The minimum Gasteiger partial charge on any atom is -0.312 e. The number of hydrogen-bond donors (Lipinski definition) is 1. The SMILES string of the molecule is c1cc(CN2CCCC2CNC2CC2)cs1. The summed E-state index contributed by atoms with van der Waals surface area (Å²) in [6.45, 7) is 3.64. The van der Waals surface area contributed by atoms with Crippen LogP contribution in [0.1, 0.15) is 31.2 Å². The van der Waals surface area contributed by atoms with Gasteiger partial charge in [-0.05, 0) is 54.6 Å². The number of nitrogens with one attached hydrogen (secondary N) is 1. The Morgan fingerprint density at radius 3 is 3.06 bits per heavy atom. The third kappa shape index (κ3) is 2.65. The summed E-state index contributed by atoms with van der Waals surface area (Å²) < 4.78 is 0. The first-order valence-corrected chi connectivity index (χ1v) is 7.34. The molecule has 0 spiro atoms. The summed E-state index contributed by atoms with van der Waals surface area (Å²) in [7, 11) is 0. The molecule has 0 radical (unpaired) electrons. The third-order valence-corrected chi connectivity index (χ3v) is 4.42. The minimum absolute atomic E-state index is 0.778. The van der Waals surface area contributed by atoms with Gasteiger partial charge >= 0.3 is 0 Å². The van der Waals surface area contributed by atoms with Gasteiger partial charge in [0.15, 0.2) is 0 Å². The van der Waals surface area contributed by atoms with E-state index in [-0.39, 0.29) is 0 Å². The van der Waals surface area contributed by atoms with Crippen molar-refractivity contribution in [2.75, 3.05) is 13.1 Å². The summed E-state index contributed by atoms with van der Waals surface area (Å²) in [6.07, 6.45) is 5.56. The summed E-state index contributed by atoms with van der Waals surface area (Å²) in [5.74, 6) is 0. The normalized spacial score (nSPS) is 26.4. The van der Waals surface area contributed by atoms with Crippen LogP contribution in [0, 0.1) is 0 Å². The van der Waals surface area contributed by atoms with Gasteiger partial charge in [0.25, 0.3) is 0 Å². The van der Waals surface area contributed by atoms with Gasteiger partial charge in [-0.15, -0.1) is 0 Å². The van der Waals surface area contributed by atoms with Crippen LogP contribution >= 0.6 is 11.3 Å². The van der Waals surface area contributed by atoms with Crippen molar-refractivity contribution in [2.45, 2.75) is 44.3 Å². The molecule has 1 aromatic rings. The topological polar surface area (TPSA) is 15.3 Å². The standard InChI is InChI=1S/C13H20N2S/c1-2-13(8-14-12-3-4-12)15(6-1)9-11-5-7-16-10-11/h5,7,10,12-14H,1-4,6,8-9H2. The van der Waals surface area contributed by atoms with E-state index in [9.17, 15) is 0 Å². The average molecular weight is 236 g/mol. The lowest BCUT2D eigenvalue weighted by Gasteiger charge is -2.24. The van der Waals surface area contributed by atoms with Crippen LogP contribution in [0.5, 0.6) is 0 Å². The highest BCUT2D eigenvalue weighted by molar-refractivity contribution is 7.07. The molecule has 0 aromatic carbocycles. The van der Waals surface area contributed by atoms with Crippen LogP contribution < -0.4 is 5.32 Å². The predicted octanol–water partition coefficient (Wildman–Crippen LogP) is 2.46. The van der Waals surface area contributed by atoms with Crippen LogP contribution in [-0.4, -0.2) is 30.1 Å². The van der Waals surface area contributed by atoms with E-state index in [4.69, 9.17) is 0 Å². The highest BCUT2D eigenvalue weighted by atomic mass is 32.1. The molecule has 1 saturated heterocycles. The van der Waals surface area contributed by atoms with Gasteiger partial charge in [0, 0.05) is 25.2 Å². The first-order chi connectivity index (χ1) is 7.92. The van der Waals surface area contributed by atoms with Crippen molar-refractivity contribution < 1.29 is 0 Å². The first-order valence-electron chi connectivity index (χ1n) is 6.40. The summed E-state index contributed by atoms with van der Waals surface area (Å²) in [4.78, 5) is 2.65. The van der Waals surface area contributed by atoms with Crippen LogP contribution in [0.2, 0.25) is 0 Å². The van der Waals surface area contributed by atoms with Crippen LogP contribution in [-0.2, 0) is 6.54 Å². The van der Waals surface area contributed by atoms with Crippen molar-refractivity contribution in [1.29, 1.82) is 0 Å². The van der Waals surface area contributed by atoms with Crippen LogP contribution in [0.4, 0.5) is 0 Å². The van der Waals surface area contributed by atoms with Crippen molar-refractivity contribution >= 4 is 11.3 Å². The largest absolute Gasteiger partial charge is 0.312 e. The Balaban J connectivity index is 1.51. The van der Waals surface area contributed by atoms with Crippen molar-refractivity contribution in [2.24, 2.45) is 0 Å². The van der Waals surface area contributed by atoms with Crippen molar-refractivity contribution in [3.63, 3.8) is 0 Å². The molecule has 2 nitrogen and oxygen atoms in total. The Labute approximate surface area is 102 Å². The van der Waals surface area contributed by atoms with Crippen LogP contribution in [0.25, 0.3) is 0 Å². The van der Waals surface area contributed by atoms with E-state index in [1.807, 2.05) is 11.3 Å². The Hall–Kier alpha value is -0.380. The molecule has 0 bridgehead atoms. The summed E-state index contributed by atoms with van der Waals surface area (Å²) >= 11 is 1.81. The molecule has 88 valence electrons. The molecule has 1 aliphatic heterocycles. The van der Waals surface area contributed by atoms with Gasteiger partial charge < -0.3 is 5.32 Å². The van der Waals surface area contributed by atoms with Gasteiger partial charge in [-0.3, -0.25) is 4.90 Å². The monoisotopic (exact) mass is 236 g/mol. The lowest BCUT2D eigenvalue weighted by molar-refractivity contribution is 0.239. The molecule has 3 rings (SSSR count). The number of rotatable bonds is 5. The molecule has 3 heteroatoms. The highest BCUT2D eigenvalue weighted by Crippen LogP contribution is 2.23. The molecule has 1 N–H and O–H groups in total. The van der Waals surface area contributed by atoms with E-state index < -0.39 is 0 Å². The van der Waals surface area contributed by atoms with E-state index in [1.54, 1.807) is 0 Å². The summed E-state index contributed by atoms with van der Waals surface area (Å²) in [5, 5.41) is 8.13.